The SMILES string of the molecule is CO[Si]([O-])(OC)OC.CO[Si]([O-])(OC)OC.CO[Si]([O-])(OC)OC.[Al+3]. The maximum absolute atomic E-state index is 10.7. The first-order chi connectivity index (χ1) is 11.0. The molecule has 0 aliphatic heterocycles. The summed E-state index contributed by atoms with van der Waals surface area (Å²) in [6, 6.07) is 0. The summed E-state index contributed by atoms with van der Waals surface area (Å²) < 4.78 is 39.4. The molecule has 0 aromatic rings. The largest absolute Gasteiger partial charge is 3.00 e. The van der Waals surface area contributed by atoms with Gasteiger partial charge in [-0.1, -0.05) is 0 Å². The Bertz CT molecular complexity index is 211. The summed E-state index contributed by atoms with van der Waals surface area (Å²) in [5.41, 5.74) is 0. The van der Waals surface area contributed by atoms with Crippen LogP contribution in [-0.4, -0.2) is 108 Å². The van der Waals surface area contributed by atoms with Crippen molar-refractivity contribution in [3.8, 4) is 0 Å². The quantitative estimate of drug-likeness (QED) is 0.321. The van der Waals surface area contributed by atoms with Crippen LogP contribution in [0, 0.1) is 0 Å². The fourth-order valence-corrected chi connectivity index (χ4v) is 2.25. The Hall–Kier alpha value is 0.703. The smallest absolute Gasteiger partial charge is 0.793 e. The van der Waals surface area contributed by atoms with Gasteiger partial charge in [0.1, 0.15) is 0 Å². The zero-order valence-electron chi connectivity index (χ0n) is 16.0. The maximum atomic E-state index is 10.7. The average molecular weight is 439 g/mol. The summed E-state index contributed by atoms with van der Waals surface area (Å²) in [5, 5.41) is 0. The predicted octanol–water partition coefficient (Wildman–Crippen LogP) is -4.22. The molecular weight excluding hydrogens is 411 g/mol. The molecule has 0 aliphatic rings. The molecule has 12 nitrogen and oxygen atoms in total. The monoisotopic (exact) mass is 438 g/mol. The van der Waals surface area contributed by atoms with Crippen LogP contribution in [0.4, 0.5) is 0 Å². The Morgan fingerprint density at radius 2 is 0.440 bits per heavy atom. The minimum atomic E-state index is -3.42. The second-order valence-electron chi connectivity index (χ2n) is 3.34. The fraction of sp³-hybridized carbons (Fsp3) is 1.00. The van der Waals surface area contributed by atoms with Gasteiger partial charge in [0.2, 0.25) is 0 Å². The van der Waals surface area contributed by atoms with Crippen LogP contribution in [0.25, 0.3) is 0 Å². The molecule has 0 amide bonds. The molecule has 0 unspecified atom stereocenters. The topological polar surface area (TPSA) is 152 Å². The molecule has 0 rings (SSSR count). The molecule has 0 saturated heterocycles. The molecule has 0 spiro atoms. The van der Waals surface area contributed by atoms with E-state index in [1.165, 1.54) is 64.0 Å². The summed E-state index contributed by atoms with van der Waals surface area (Å²) in [7, 11) is 1.17. The molecule has 0 fully saturated rings. The second kappa shape index (κ2) is 18.1. The molecule has 0 saturated carbocycles. The Kier molecular flexibility index (Phi) is 24.1. The van der Waals surface area contributed by atoms with E-state index in [4.69, 9.17) is 0 Å². The zero-order chi connectivity index (χ0) is 19.9. The summed E-state index contributed by atoms with van der Waals surface area (Å²) >= 11 is 0. The van der Waals surface area contributed by atoms with E-state index in [1.54, 1.807) is 0 Å². The Morgan fingerprint density at radius 1 is 0.360 bits per heavy atom. The molecule has 0 N–H and O–H groups in total. The molecule has 0 radical (unpaired) electrons. The van der Waals surface area contributed by atoms with Crippen LogP contribution in [0.2, 0.25) is 0 Å². The van der Waals surface area contributed by atoms with Crippen molar-refractivity contribution in [3.05, 3.63) is 0 Å². The number of hydrogen-bond acceptors (Lipinski definition) is 12. The van der Waals surface area contributed by atoms with Gasteiger partial charge in [0, 0.05) is 64.0 Å². The van der Waals surface area contributed by atoms with Crippen molar-refractivity contribution in [2.24, 2.45) is 0 Å². The molecule has 150 valence electrons. The minimum Gasteiger partial charge on any atom is -0.793 e. The van der Waals surface area contributed by atoms with E-state index >= 15 is 0 Å². The standard InChI is InChI=1S/3C3H9O4Si.Al/c3*1-5-8(4,6-2)7-3;/h3*1-3H3;/q3*-1;+3. The molecule has 0 bridgehead atoms. The number of rotatable bonds is 9. The molecule has 25 heavy (non-hydrogen) atoms. The first-order valence-electron chi connectivity index (χ1n) is 6.12. The van der Waals surface area contributed by atoms with E-state index in [9.17, 15) is 14.4 Å². The van der Waals surface area contributed by atoms with Gasteiger partial charge in [0.25, 0.3) is 0 Å². The molecular formula is C9H27AlO12Si3. The van der Waals surface area contributed by atoms with Crippen molar-refractivity contribution in [2.75, 3.05) is 64.0 Å². The van der Waals surface area contributed by atoms with Crippen molar-refractivity contribution in [1.82, 2.24) is 0 Å². The van der Waals surface area contributed by atoms with E-state index in [2.05, 4.69) is 39.8 Å². The Morgan fingerprint density at radius 3 is 0.440 bits per heavy atom. The van der Waals surface area contributed by atoms with Gasteiger partial charge in [-0.05, 0) is 0 Å². The summed E-state index contributed by atoms with van der Waals surface area (Å²) in [5.74, 6) is 0. The van der Waals surface area contributed by atoms with Gasteiger partial charge in [0.15, 0.2) is 0 Å². The molecule has 0 aromatic carbocycles. The zero-order valence-corrected chi connectivity index (χ0v) is 20.1. The first-order valence-corrected chi connectivity index (χ1v) is 11.0. The molecule has 16 heteroatoms. The Balaban J connectivity index is -0.000000130. The van der Waals surface area contributed by atoms with E-state index < -0.39 is 27.1 Å². The molecule has 0 aliphatic carbocycles. The van der Waals surface area contributed by atoms with Gasteiger partial charge >= 0.3 is 44.5 Å². The van der Waals surface area contributed by atoms with Gasteiger partial charge < -0.3 is 54.2 Å². The van der Waals surface area contributed by atoms with Gasteiger partial charge in [-0.3, -0.25) is 0 Å². The first kappa shape index (κ1) is 33.3. The Labute approximate surface area is 163 Å². The average Bonchev–Trinajstić information content (AvgIpc) is 2.67. The van der Waals surface area contributed by atoms with Crippen molar-refractivity contribution < 1.29 is 54.2 Å². The van der Waals surface area contributed by atoms with Gasteiger partial charge in [-0.25, -0.2) is 0 Å². The van der Waals surface area contributed by atoms with Crippen LogP contribution >= 0.6 is 0 Å². The molecule has 0 atom stereocenters. The third-order valence-corrected chi connectivity index (χ3v) is 6.75. The van der Waals surface area contributed by atoms with Gasteiger partial charge in [-0.2, -0.15) is 0 Å². The van der Waals surface area contributed by atoms with Crippen molar-refractivity contribution in [2.45, 2.75) is 0 Å². The molecule has 0 aromatic heterocycles. The van der Waals surface area contributed by atoms with Crippen molar-refractivity contribution in [3.63, 3.8) is 0 Å². The van der Waals surface area contributed by atoms with Crippen LogP contribution in [0.15, 0.2) is 0 Å². The normalized spacial score (nSPS) is 11.5. The summed E-state index contributed by atoms with van der Waals surface area (Å²) in [4.78, 5) is 32.0. The van der Waals surface area contributed by atoms with E-state index in [-0.39, 0.29) is 17.4 Å². The van der Waals surface area contributed by atoms with E-state index in [1.807, 2.05) is 0 Å². The van der Waals surface area contributed by atoms with Crippen LogP contribution in [0.5, 0.6) is 0 Å². The van der Waals surface area contributed by atoms with Gasteiger partial charge in [0.05, 0.1) is 0 Å². The van der Waals surface area contributed by atoms with E-state index in [0.717, 1.165) is 0 Å². The summed E-state index contributed by atoms with van der Waals surface area (Å²) in [6.07, 6.45) is 0. The van der Waals surface area contributed by atoms with Crippen LogP contribution in [0.3, 0.4) is 0 Å². The van der Waals surface area contributed by atoms with Gasteiger partial charge in [-0.15, -0.1) is 0 Å². The third kappa shape index (κ3) is 16.6. The third-order valence-electron chi connectivity index (χ3n) is 2.25. The van der Waals surface area contributed by atoms with Crippen LogP contribution < -0.4 is 14.4 Å². The maximum Gasteiger partial charge on any atom is 3.00 e. The van der Waals surface area contributed by atoms with Crippen molar-refractivity contribution in [1.29, 1.82) is 0 Å². The molecule has 0 heterocycles. The van der Waals surface area contributed by atoms with E-state index in [0.29, 0.717) is 0 Å². The minimum absolute atomic E-state index is 0. The summed E-state index contributed by atoms with van der Waals surface area (Å²) in [6.45, 7) is 0. The van der Waals surface area contributed by atoms with Crippen molar-refractivity contribution >= 4 is 44.5 Å². The van der Waals surface area contributed by atoms with Crippen LogP contribution in [-0.2, 0) is 39.8 Å². The van der Waals surface area contributed by atoms with Crippen LogP contribution in [0.1, 0.15) is 0 Å². The number of hydrogen-bond donors (Lipinski definition) is 0. The predicted molar refractivity (Wildman–Crippen MR) is 86.1 cm³/mol. The second-order valence-corrected chi connectivity index (χ2v) is 10.0. The fourth-order valence-electron chi connectivity index (χ4n) is 0.750.